The number of aromatic nitrogens is 3. The molecular formula is C13H14F4N4. The van der Waals surface area contributed by atoms with Crippen molar-refractivity contribution in [2.75, 3.05) is 6.54 Å². The maximum absolute atomic E-state index is 13.3. The van der Waals surface area contributed by atoms with E-state index in [-0.39, 0.29) is 5.56 Å². The normalized spacial score (nSPS) is 13.4. The smallest absolute Gasteiger partial charge is 0.304 e. The minimum atomic E-state index is -4.74. The molecule has 1 aromatic heterocycles. The van der Waals surface area contributed by atoms with E-state index in [1.807, 2.05) is 6.92 Å². The van der Waals surface area contributed by atoms with Crippen molar-refractivity contribution in [3.63, 3.8) is 0 Å². The zero-order valence-electron chi connectivity index (χ0n) is 11.2. The number of nitrogens with one attached hydrogen (secondary N) is 2. The summed E-state index contributed by atoms with van der Waals surface area (Å²) in [6, 6.07) is 2.31. The van der Waals surface area contributed by atoms with Gasteiger partial charge in [-0.25, -0.2) is 9.37 Å². The van der Waals surface area contributed by atoms with Crippen LogP contribution in [-0.2, 0) is 6.18 Å². The van der Waals surface area contributed by atoms with E-state index in [1.54, 1.807) is 0 Å². The topological polar surface area (TPSA) is 53.6 Å². The van der Waals surface area contributed by atoms with Gasteiger partial charge in [-0.3, -0.25) is 5.10 Å². The molecule has 1 atom stereocenters. The van der Waals surface area contributed by atoms with Crippen LogP contribution in [-0.4, -0.2) is 21.7 Å². The molecule has 0 bridgehead atoms. The fourth-order valence-electron chi connectivity index (χ4n) is 1.95. The van der Waals surface area contributed by atoms with Crippen LogP contribution in [0.4, 0.5) is 17.6 Å². The highest BCUT2D eigenvalue weighted by Crippen LogP contribution is 2.33. The molecule has 1 aromatic carbocycles. The molecule has 1 unspecified atom stereocenters. The van der Waals surface area contributed by atoms with Crippen LogP contribution in [0, 0.1) is 5.82 Å². The van der Waals surface area contributed by atoms with Crippen molar-refractivity contribution >= 4 is 0 Å². The van der Waals surface area contributed by atoms with Crippen LogP contribution in [0.25, 0.3) is 0 Å². The van der Waals surface area contributed by atoms with Crippen LogP contribution in [0.3, 0.4) is 0 Å². The first kappa shape index (κ1) is 15.4. The summed E-state index contributed by atoms with van der Waals surface area (Å²) in [5.74, 6) is -0.916. The third kappa shape index (κ3) is 3.57. The Balaban J connectivity index is 2.41. The highest BCUT2D eigenvalue weighted by Gasteiger charge is 2.35. The van der Waals surface area contributed by atoms with E-state index in [1.165, 1.54) is 12.4 Å². The fourth-order valence-corrected chi connectivity index (χ4v) is 1.95. The van der Waals surface area contributed by atoms with Crippen LogP contribution in [0.5, 0.6) is 0 Å². The number of H-pyrrole nitrogens is 1. The van der Waals surface area contributed by atoms with Crippen molar-refractivity contribution in [3.05, 3.63) is 47.3 Å². The summed E-state index contributed by atoms with van der Waals surface area (Å²) < 4.78 is 51.7. The predicted molar refractivity (Wildman–Crippen MR) is 67.9 cm³/mol. The Morgan fingerprint density at radius 3 is 2.67 bits per heavy atom. The molecule has 2 N–H and O–H groups in total. The van der Waals surface area contributed by atoms with E-state index in [4.69, 9.17) is 0 Å². The van der Waals surface area contributed by atoms with E-state index in [2.05, 4.69) is 20.5 Å². The summed E-state index contributed by atoms with van der Waals surface area (Å²) in [4.78, 5) is 3.96. The fraction of sp³-hybridized carbons (Fsp3) is 0.385. The minimum absolute atomic E-state index is 0.272. The van der Waals surface area contributed by atoms with Gasteiger partial charge in [0.25, 0.3) is 0 Å². The Labute approximate surface area is 118 Å². The number of alkyl halides is 3. The molecule has 21 heavy (non-hydrogen) atoms. The largest absolute Gasteiger partial charge is 0.419 e. The van der Waals surface area contributed by atoms with Gasteiger partial charge < -0.3 is 5.32 Å². The summed E-state index contributed by atoms with van der Waals surface area (Å²) in [5.41, 5.74) is -1.02. The van der Waals surface area contributed by atoms with E-state index in [0.29, 0.717) is 12.4 Å². The lowest BCUT2D eigenvalue weighted by Gasteiger charge is -2.18. The molecule has 0 spiro atoms. The Morgan fingerprint density at radius 2 is 2.10 bits per heavy atom. The summed E-state index contributed by atoms with van der Waals surface area (Å²) >= 11 is 0. The number of rotatable bonds is 5. The number of hydrogen-bond donors (Lipinski definition) is 2. The standard InChI is InChI=1S/C13H14F4N4/c1-2-5-18-11(12-19-7-20-21-12)8-3-4-10(14)9(6-8)13(15,16)17/h3-4,6-7,11,18H,2,5H2,1H3,(H,19,20,21). The zero-order chi connectivity index (χ0) is 15.5. The van der Waals surface area contributed by atoms with E-state index < -0.39 is 23.6 Å². The molecule has 0 saturated carbocycles. The highest BCUT2D eigenvalue weighted by molar-refractivity contribution is 5.32. The summed E-state index contributed by atoms with van der Waals surface area (Å²) in [6.45, 7) is 2.50. The molecule has 114 valence electrons. The Hall–Kier alpha value is -1.96. The molecule has 1 heterocycles. The first-order valence-electron chi connectivity index (χ1n) is 6.38. The van der Waals surface area contributed by atoms with Gasteiger partial charge in [-0.1, -0.05) is 13.0 Å². The maximum atomic E-state index is 13.3. The molecule has 0 saturated heterocycles. The number of nitrogens with zero attached hydrogens (tertiary/aromatic N) is 2. The van der Waals surface area contributed by atoms with Crippen molar-refractivity contribution in [2.24, 2.45) is 0 Å². The van der Waals surface area contributed by atoms with Crippen molar-refractivity contribution < 1.29 is 17.6 Å². The minimum Gasteiger partial charge on any atom is -0.304 e. The van der Waals surface area contributed by atoms with Crippen LogP contribution >= 0.6 is 0 Å². The first-order valence-corrected chi connectivity index (χ1v) is 6.38. The lowest BCUT2D eigenvalue weighted by Crippen LogP contribution is -2.25. The maximum Gasteiger partial charge on any atom is 0.419 e. The van der Waals surface area contributed by atoms with Crippen LogP contribution in [0.15, 0.2) is 24.5 Å². The third-order valence-electron chi connectivity index (χ3n) is 2.93. The molecule has 0 aliphatic heterocycles. The zero-order valence-corrected chi connectivity index (χ0v) is 11.2. The predicted octanol–water partition coefficient (Wildman–Crippen LogP) is 3.05. The molecular weight excluding hydrogens is 288 g/mol. The van der Waals surface area contributed by atoms with E-state index in [9.17, 15) is 17.6 Å². The van der Waals surface area contributed by atoms with Crippen LogP contribution in [0.2, 0.25) is 0 Å². The number of halogens is 4. The van der Waals surface area contributed by atoms with Crippen molar-refractivity contribution in [1.82, 2.24) is 20.5 Å². The van der Waals surface area contributed by atoms with Gasteiger partial charge in [0.2, 0.25) is 0 Å². The Kier molecular flexibility index (Phi) is 4.56. The summed E-state index contributed by atoms with van der Waals surface area (Å²) in [6.07, 6.45) is -2.68. The second-order valence-electron chi connectivity index (χ2n) is 4.49. The van der Waals surface area contributed by atoms with E-state index in [0.717, 1.165) is 18.6 Å². The van der Waals surface area contributed by atoms with Gasteiger partial charge in [0.15, 0.2) is 0 Å². The molecule has 2 aromatic rings. The van der Waals surface area contributed by atoms with Crippen LogP contribution < -0.4 is 5.32 Å². The molecule has 2 rings (SSSR count). The Morgan fingerprint density at radius 1 is 1.33 bits per heavy atom. The highest BCUT2D eigenvalue weighted by atomic mass is 19.4. The van der Waals surface area contributed by atoms with Gasteiger partial charge in [-0.15, -0.1) is 0 Å². The monoisotopic (exact) mass is 302 g/mol. The summed E-state index contributed by atoms with van der Waals surface area (Å²) in [7, 11) is 0. The van der Waals surface area contributed by atoms with Gasteiger partial charge in [-0.2, -0.15) is 18.3 Å². The SMILES string of the molecule is CCCNC(c1ccc(F)c(C(F)(F)F)c1)c1ncn[nH]1. The second kappa shape index (κ2) is 6.21. The lowest BCUT2D eigenvalue weighted by molar-refractivity contribution is -0.140. The van der Waals surface area contributed by atoms with Crippen LogP contribution in [0.1, 0.15) is 36.3 Å². The third-order valence-corrected chi connectivity index (χ3v) is 2.93. The number of aromatic amines is 1. The molecule has 0 fully saturated rings. The molecule has 8 heteroatoms. The van der Waals surface area contributed by atoms with Gasteiger partial charge in [0.05, 0.1) is 11.6 Å². The lowest BCUT2D eigenvalue weighted by atomic mass is 10.0. The molecule has 0 radical (unpaired) electrons. The van der Waals surface area contributed by atoms with Crippen molar-refractivity contribution in [3.8, 4) is 0 Å². The van der Waals surface area contributed by atoms with Gasteiger partial charge >= 0.3 is 6.18 Å². The average Bonchev–Trinajstić information content (AvgIpc) is 2.93. The van der Waals surface area contributed by atoms with Crippen molar-refractivity contribution in [2.45, 2.75) is 25.6 Å². The number of benzene rings is 1. The van der Waals surface area contributed by atoms with E-state index >= 15 is 0 Å². The first-order chi connectivity index (χ1) is 9.93. The second-order valence-corrected chi connectivity index (χ2v) is 4.49. The van der Waals surface area contributed by atoms with Gasteiger partial charge in [0.1, 0.15) is 18.0 Å². The molecule has 0 amide bonds. The summed E-state index contributed by atoms with van der Waals surface area (Å²) in [5, 5.41) is 9.37. The van der Waals surface area contributed by atoms with Gasteiger partial charge in [-0.05, 0) is 30.7 Å². The Bertz CT molecular complexity index is 580. The quantitative estimate of drug-likeness (QED) is 0.835. The molecule has 4 nitrogen and oxygen atoms in total. The average molecular weight is 302 g/mol. The molecule has 0 aliphatic carbocycles. The number of hydrogen-bond acceptors (Lipinski definition) is 3. The van der Waals surface area contributed by atoms with Crippen molar-refractivity contribution in [1.29, 1.82) is 0 Å². The van der Waals surface area contributed by atoms with Gasteiger partial charge in [0, 0.05) is 0 Å². The molecule has 0 aliphatic rings.